The minimum Gasteiger partial charge on any atom is -0.486 e. The first-order valence-electron chi connectivity index (χ1n) is 7.33. The van der Waals surface area contributed by atoms with Gasteiger partial charge >= 0.3 is 0 Å². The van der Waals surface area contributed by atoms with Crippen molar-refractivity contribution in [2.75, 3.05) is 13.1 Å². The molecule has 2 aliphatic rings. The SMILES string of the molecule is O=C1CC2(CCNCC2)Oc2ccc(-c3ccn[nH]3)cc21. The van der Waals surface area contributed by atoms with Crippen LogP contribution in [0.4, 0.5) is 0 Å². The maximum Gasteiger partial charge on any atom is 0.170 e. The van der Waals surface area contributed by atoms with Crippen LogP contribution in [0.2, 0.25) is 0 Å². The van der Waals surface area contributed by atoms with Crippen LogP contribution in [0.1, 0.15) is 29.6 Å². The summed E-state index contributed by atoms with van der Waals surface area (Å²) >= 11 is 0. The van der Waals surface area contributed by atoms with E-state index < -0.39 is 0 Å². The van der Waals surface area contributed by atoms with Crippen molar-refractivity contribution in [1.29, 1.82) is 0 Å². The van der Waals surface area contributed by atoms with Crippen molar-refractivity contribution >= 4 is 5.78 Å². The van der Waals surface area contributed by atoms with E-state index in [1.807, 2.05) is 24.3 Å². The van der Waals surface area contributed by atoms with Crippen LogP contribution in [0.5, 0.6) is 5.75 Å². The molecule has 4 rings (SSSR count). The number of hydrogen-bond donors (Lipinski definition) is 2. The van der Waals surface area contributed by atoms with Crippen LogP contribution in [-0.4, -0.2) is 34.7 Å². The summed E-state index contributed by atoms with van der Waals surface area (Å²) in [6.07, 6.45) is 3.96. The van der Waals surface area contributed by atoms with Crippen molar-refractivity contribution in [2.24, 2.45) is 0 Å². The molecular weight excluding hydrogens is 266 g/mol. The van der Waals surface area contributed by atoms with Gasteiger partial charge in [-0.3, -0.25) is 9.89 Å². The topological polar surface area (TPSA) is 67.0 Å². The summed E-state index contributed by atoms with van der Waals surface area (Å²) in [5.41, 5.74) is 2.26. The summed E-state index contributed by atoms with van der Waals surface area (Å²) in [4.78, 5) is 12.6. The van der Waals surface area contributed by atoms with Gasteiger partial charge in [0, 0.05) is 24.6 Å². The van der Waals surface area contributed by atoms with Crippen molar-refractivity contribution in [3.8, 4) is 17.0 Å². The predicted octanol–water partition coefficient (Wildman–Crippen LogP) is 2.16. The molecule has 1 aromatic carbocycles. The number of aromatic amines is 1. The number of benzene rings is 1. The Hall–Kier alpha value is -2.14. The molecule has 2 aromatic rings. The Bertz CT molecular complexity index is 673. The summed E-state index contributed by atoms with van der Waals surface area (Å²) in [5.74, 6) is 0.899. The van der Waals surface area contributed by atoms with E-state index in [9.17, 15) is 4.79 Å². The number of ether oxygens (including phenoxy) is 1. The number of rotatable bonds is 1. The molecule has 5 heteroatoms. The average molecular weight is 283 g/mol. The third kappa shape index (κ3) is 2.14. The summed E-state index contributed by atoms with van der Waals surface area (Å²) in [6.45, 7) is 1.82. The normalized spacial score (nSPS) is 20.1. The lowest BCUT2D eigenvalue weighted by Crippen LogP contribution is -2.49. The maximum atomic E-state index is 12.6. The molecule has 1 aromatic heterocycles. The fraction of sp³-hybridized carbons (Fsp3) is 0.375. The fourth-order valence-electron chi connectivity index (χ4n) is 3.24. The number of fused-ring (bicyclic) bond motifs is 1. The molecular formula is C16H17N3O2. The fourth-order valence-corrected chi connectivity index (χ4v) is 3.24. The second-order valence-electron chi connectivity index (χ2n) is 5.82. The van der Waals surface area contributed by atoms with Crippen molar-refractivity contribution in [1.82, 2.24) is 15.5 Å². The zero-order valence-corrected chi connectivity index (χ0v) is 11.7. The Balaban J connectivity index is 1.71. The van der Waals surface area contributed by atoms with Crippen LogP contribution in [0, 0.1) is 0 Å². The Labute approximate surface area is 122 Å². The van der Waals surface area contributed by atoms with Gasteiger partial charge in [-0.25, -0.2) is 0 Å². The minimum atomic E-state index is -0.301. The van der Waals surface area contributed by atoms with Crippen LogP contribution in [0.3, 0.4) is 0 Å². The molecule has 0 saturated carbocycles. The Kier molecular flexibility index (Phi) is 2.82. The predicted molar refractivity (Wildman–Crippen MR) is 78.4 cm³/mol. The molecule has 1 saturated heterocycles. The van der Waals surface area contributed by atoms with Gasteiger partial charge in [-0.15, -0.1) is 0 Å². The largest absolute Gasteiger partial charge is 0.486 e. The number of nitrogens with zero attached hydrogens (tertiary/aromatic N) is 1. The number of piperidine rings is 1. The number of carbonyl (C=O) groups is 1. The van der Waals surface area contributed by atoms with E-state index in [4.69, 9.17) is 4.74 Å². The first-order valence-corrected chi connectivity index (χ1v) is 7.33. The average Bonchev–Trinajstić information content (AvgIpc) is 3.02. The van der Waals surface area contributed by atoms with Gasteiger partial charge in [0.2, 0.25) is 0 Å². The third-order valence-corrected chi connectivity index (χ3v) is 4.42. The zero-order valence-electron chi connectivity index (χ0n) is 11.7. The van der Waals surface area contributed by atoms with Gasteiger partial charge < -0.3 is 10.1 Å². The van der Waals surface area contributed by atoms with Crippen molar-refractivity contribution < 1.29 is 9.53 Å². The number of Topliss-reactive ketones (excluding diaryl/α,β-unsaturated/α-hetero) is 1. The molecule has 0 amide bonds. The van der Waals surface area contributed by atoms with Gasteiger partial charge in [0.15, 0.2) is 5.78 Å². The summed E-state index contributed by atoms with van der Waals surface area (Å²) in [7, 11) is 0. The molecule has 1 spiro atoms. The summed E-state index contributed by atoms with van der Waals surface area (Å²) in [6, 6.07) is 7.68. The minimum absolute atomic E-state index is 0.180. The van der Waals surface area contributed by atoms with Gasteiger partial charge in [-0.1, -0.05) is 0 Å². The number of hydrogen-bond acceptors (Lipinski definition) is 4. The third-order valence-electron chi connectivity index (χ3n) is 4.42. The van der Waals surface area contributed by atoms with Crippen LogP contribution >= 0.6 is 0 Å². The lowest BCUT2D eigenvalue weighted by atomic mass is 9.82. The van der Waals surface area contributed by atoms with Gasteiger partial charge in [-0.2, -0.15) is 5.10 Å². The Morgan fingerprint density at radius 2 is 2.05 bits per heavy atom. The summed E-state index contributed by atoms with van der Waals surface area (Å²) < 4.78 is 6.22. The quantitative estimate of drug-likeness (QED) is 0.841. The molecule has 2 aliphatic heterocycles. The van der Waals surface area contributed by atoms with Gasteiger partial charge in [0.05, 0.1) is 17.7 Å². The number of nitrogens with one attached hydrogen (secondary N) is 2. The van der Waals surface area contributed by atoms with Crippen LogP contribution in [-0.2, 0) is 0 Å². The van der Waals surface area contributed by atoms with E-state index in [0.29, 0.717) is 12.0 Å². The van der Waals surface area contributed by atoms with Crippen LogP contribution in [0.25, 0.3) is 11.3 Å². The molecule has 2 N–H and O–H groups in total. The van der Waals surface area contributed by atoms with Crippen molar-refractivity contribution in [3.05, 3.63) is 36.0 Å². The van der Waals surface area contributed by atoms with E-state index in [-0.39, 0.29) is 11.4 Å². The second-order valence-corrected chi connectivity index (χ2v) is 5.82. The van der Waals surface area contributed by atoms with E-state index >= 15 is 0 Å². The van der Waals surface area contributed by atoms with Crippen molar-refractivity contribution in [3.63, 3.8) is 0 Å². The van der Waals surface area contributed by atoms with Gasteiger partial charge in [-0.05, 0) is 37.4 Å². The zero-order chi connectivity index (χ0) is 14.3. The number of carbonyl (C=O) groups excluding carboxylic acids is 1. The maximum absolute atomic E-state index is 12.6. The first-order chi connectivity index (χ1) is 10.3. The highest BCUT2D eigenvalue weighted by Gasteiger charge is 2.41. The van der Waals surface area contributed by atoms with Gasteiger partial charge in [0.1, 0.15) is 11.4 Å². The van der Waals surface area contributed by atoms with Crippen molar-refractivity contribution in [2.45, 2.75) is 24.9 Å². The number of aromatic nitrogens is 2. The standard InChI is InChI=1S/C16H17N3O2/c20-14-10-16(4-7-17-8-5-16)21-15-2-1-11(9-12(14)15)13-3-6-18-19-13/h1-3,6,9,17H,4-5,7-8,10H2,(H,18,19). The molecule has 0 aliphatic carbocycles. The highest BCUT2D eigenvalue weighted by Crippen LogP contribution is 2.39. The number of ketones is 1. The highest BCUT2D eigenvalue weighted by molar-refractivity contribution is 6.01. The number of H-pyrrole nitrogens is 1. The molecule has 5 nitrogen and oxygen atoms in total. The first kappa shape index (κ1) is 12.6. The molecule has 0 bridgehead atoms. The highest BCUT2D eigenvalue weighted by atomic mass is 16.5. The Morgan fingerprint density at radius 1 is 1.19 bits per heavy atom. The molecule has 108 valence electrons. The Morgan fingerprint density at radius 3 is 2.81 bits per heavy atom. The smallest absolute Gasteiger partial charge is 0.170 e. The molecule has 0 radical (unpaired) electrons. The molecule has 1 fully saturated rings. The van der Waals surface area contributed by atoms with E-state index in [2.05, 4.69) is 15.5 Å². The van der Waals surface area contributed by atoms with Crippen LogP contribution < -0.4 is 10.1 Å². The lowest BCUT2D eigenvalue weighted by Gasteiger charge is -2.40. The lowest BCUT2D eigenvalue weighted by molar-refractivity contribution is 0.0188. The summed E-state index contributed by atoms with van der Waals surface area (Å²) in [5, 5.41) is 10.2. The van der Waals surface area contributed by atoms with E-state index in [1.165, 1.54) is 0 Å². The van der Waals surface area contributed by atoms with E-state index in [0.717, 1.165) is 42.9 Å². The molecule has 0 unspecified atom stereocenters. The van der Waals surface area contributed by atoms with Gasteiger partial charge in [0.25, 0.3) is 0 Å². The molecule has 21 heavy (non-hydrogen) atoms. The second kappa shape index (κ2) is 4.70. The van der Waals surface area contributed by atoms with E-state index in [1.54, 1.807) is 6.20 Å². The molecule has 0 atom stereocenters. The van der Waals surface area contributed by atoms with Crippen LogP contribution in [0.15, 0.2) is 30.5 Å². The molecule has 3 heterocycles. The monoisotopic (exact) mass is 283 g/mol.